The van der Waals surface area contributed by atoms with E-state index in [1.165, 1.54) is 40.7 Å². The van der Waals surface area contributed by atoms with Gasteiger partial charge in [0, 0.05) is 19.6 Å². The van der Waals surface area contributed by atoms with Gasteiger partial charge in [-0.15, -0.1) is 0 Å². The van der Waals surface area contributed by atoms with Crippen molar-refractivity contribution >= 4 is 21.9 Å². The van der Waals surface area contributed by atoms with Crippen LogP contribution in [0.15, 0.2) is 53.4 Å². The first-order valence-electron chi connectivity index (χ1n) is 9.72. The Labute approximate surface area is 180 Å². The smallest absolute Gasteiger partial charge is 0.338 e. The molecule has 0 unspecified atom stereocenters. The van der Waals surface area contributed by atoms with E-state index in [9.17, 15) is 22.4 Å². The fourth-order valence-corrected chi connectivity index (χ4v) is 4.44. The molecule has 1 heterocycles. The van der Waals surface area contributed by atoms with Gasteiger partial charge in [-0.1, -0.05) is 18.2 Å². The second-order valence-corrected chi connectivity index (χ2v) is 8.78. The van der Waals surface area contributed by atoms with Gasteiger partial charge in [0.2, 0.25) is 10.0 Å². The summed E-state index contributed by atoms with van der Waals surface area (Å²) < 4.78 is 49.8. The van der Waals surface area contributed by atoms with Crippen LogP contribution in [0.3, 0.4) is 0 Å². The summed E-state index contributed by atoms with van der Waals surface area (Å²) in [6.45, 7) is 0.927. The van der Waals surface area contributed by atoms with Crippen molar-refractivity contribution in [3.8, 4) is 0 Å². The molecule has 1 amide bonds. The van der Waals surface area contributed by atoms with Crippen LogP contribution in [0, 0.1) is 5.82 Å². The highest BCUT2D eigenvalue weighted by atomic mass is 32.2. The largest absolute Gasteiger partial charge is 0.452 e. The number of hydrogen-bond donors (Lipinski definition) is 1. The molecule has 1 fully saturated rings. The minimum atomic E-state index is -3.75. The minimum absolute atomic E-state index is 0.0207. The van der Waals surface area contributed by atoms with E-state index in [0.29, 0.717) is 26.2 Å². The van der Waals surface area contributed by atoms with Crippen LogP contribution in [0.5, 0.6) is 0 Å². The first-order chi connectivity index (χ1) is 14.9. The molecule has 0 bridgehead atoms. The highest BCUT2D eigenvalue weighted by Crippen LogP contribution is 2.18. The maximum absolute atomic E-state index is 12.9. The first-order valence-corrected chi connectivity index (χ1v) is 11.2. The number of sulfonamides is 1. The molecular weight excluding hydrogens is 427 g/mol. The van der Waals surface area contributed by atoms with Crippen LogP contribution in [0.25, 0.3) is 0 Å². The van der Waals surface area contributed by atoms with E-state index < -0.39 is 28.5 Å². The number of carbonyl (C=O) groups is 2. The van der Waals surface area contributed by atoms with Crippen LogP contribution >= 0.6 is 0 Å². The zero-order valence-corrected chi connectivity index (χ0v) is 17.6. The predicted molar refractivity (Wildman–Crippen MR) is 109 cm³/mol. The summed E-state index contributed by atoms with van der Waals surface area (Å²) in [5, 5.41) is 2.61. The van der Waals surface area contributed by atoms with Gasteiger partial charge < -0.3 is 14.8 Å². The molecule has 3 rings (SSSR count). The van der Waals surface area contributed by atoms with E-state index in [2.05, 4.69) is 5.32 Å². The van der Waals surface area contributed by atoms with Gasteiger partial charge >= 0.3 is 5.97 Å². The van der Waals surface area contributed by atoms with Crippen molar-refractivity contribution in [2.24, 2.45) is 0 Å². The SMILES string of the molecule is O=C(COC(=O)c1cccc(S(=O)(=O)N2CCOCC2)c1)NCCc1ccc(F)cc1. The van der Waals surface area contributed by atoms with Gasteiger partial charge in [-0.05, 0) is 42.3 Å². The van der Waals surface area contributed by atoms with E-state index in [1.807, 2.05) is 0 Å². The van der Waals surface area contributed by atoms with Crippen LogP contribution in [0.2, 0.25) is 0 Å². The van der Waals surface area contributed by atoms with Crippen LogP contribution < -0.4 is 5.32 Å². The topological polar surface area (TPSA) is 102 Å². The zero-order valence-electron chi connectivity index (χ0n) is 16.8. The number of nitrogens with one attached hydrogen (secondary N) is 1. The Bertz CT molecular complexity index is 1020. The molecule has 0 aromatic heterocycles. The Kier molecular flexibility index (Phi) is 7.72. The van der Waals surface area contributed by atoms with Crippen molar-refractivity contribution in [1.29, 1.82) is 0 Å². The Hall–Kier alpha value is -2.82. The monoisotopic (exact) mass is 450 g/mol. The normalized spacial score (nSPS) is 14.7. The van der Waals surface area contributed by atoms with Gasteiger partial charge in [0.15, 0.2) is 6.61 Å². The molecule has 8 nitrogen and oxygen atoms in total. The molecule has 0 radical (unpaired) electrons. The molecule has 0 aliphatic carbocycles. The maximum atomic E-state index is 12.9. The molecule has 10 heteroatoms. The summed E-state index contributed by atoms with van der Waals surface area (Å²) in [6, 6.07) is 11.4. The molecule has 166 valence electrons. The van der Waals surface area contributed by atoms with E-state index >= 15 is 0 Å². The fourth-order valence-electron chi connectivity index (χ4n) is 2.98. The molecule has 1 aliphatic rings. The molecule has 1 saturated heterocycles. The Morgan fingerprint density at radius 3 is 2.52 bits per heavy atom. The van der Waals surface area contributed by atoms with E-state index in [1.54, 1.807) is 12.1 Å². The van der Waals surface area contributed by atoms with Crippen molar-refractivity contribution < 1.29 is 31.9 Å². The number of carbonyl (C=O) groups excluding carboxylic acids is 2. The number of ether oxygens (including phenoxy) is 2. The van der Waals surface area contributed by atoms with Crippen LogP contribution in [0.4, 0.5) is 4.39 Å². The average molecular weight is 450 g/mol. The number of amides is 1. The third-order valence-corrected chi connectivity index (χ3v) is 6.56. The zero-order chi connectivity index (χ0) is 22.3. The number of esters is 1. The third-order valence-electron chi connectivity index (χ3n) is 4.66. The number of hydrogen-bond acceptors (Lipinski definition) is 6. The number of halogens is 1. The molecule has 0 spiro atoms. The third kappa shape index (κ3) is 6.33. The minimum Gasteiger partial charge on any atom is -0.452 e. The Balaban J connectivity index is 1.50. The molecular formula is C21H23FN2O6S. The molecule has 0 atom stereocenters. The van der Waals surface area contributed by atoms with Crippen LogP contribution in [0.1, 0.15) is 15.9 Å². The molecule has 31 heavy (non-hydrogen) atoms. The number of morpholine rings is 1. The lowest BCUT2D eigenvalue weighted by Gasteiger charge is -2.26. The summed E-state index contributed by atoms with van der Waals surface area (Å²) in [4.78, 5) is 24.1. The first kappa shape index (κ1) is 22.9. The number of nitrogens with zero attached hydrogens (tertiary/aromatic N) is 1. The number of rotatable bonds is 8. The molecule has 1 N–H and O–H groups in total. The second-order valence-electron chi connectivity index (χ2n) is 6.85. The van der Waals surface area contributed by atoms with Crippen molar-refractivity contribution in [1.82, 2.24) is 9.62 Å². The maximum Gasteiger partial charge on any atom is 0.338 e. The van der Waals surface area contributed by atoms with Gasteiger partial charge in [-0.25, -0.2) is 17.6 Å². The standard InChI is InChI=1S/C21H23FN2O6S/c22-18-6-4-16(5-7-18)8-9-23-20(25)15-30-21(26)17-2-1-3-19(14-17)31(27,28)24-10-12-29-13-11-24/h1-7,14H,8-13,15H2,(H,23,25). The van der Waals surface area contributed by atoms with Gasteiger partial charge in [-0.2, -0.15) is 4.31 Å². The summed E-state index contributed by atoms with van der Waals surface area (Å²) in [5.74, 6) is -1.62. The summed E-state index contributed by atoms with van der Waals surface area (Å²) in [6.07, 6.45) is 0.501. The lowest BCUT2D eigenvalue weighted by Crippen LogP contribution is -2.40. The Morgan fingerprint density at radius 1 is 1.10 bits per heavy atom. The quantitative estimate of drug-likeness (QED) is 0.610. The summed E-state index contributed by atoms with van der Waals surface area (Å²) in [5.41, 5.74) is 0.894. The van der Waals surface area contributed by atoms with Crippen LogP contribution in [-0.2, 0) is 30.7 Å². The predicted octanol–water partition coefficient (Wildman–Crippen LogP) is 1.36. The van der Waals surface area contributed by atoms with Gasteiger partial charge in [0.1, 0.15) is 5.82 Å². The van der Waals surface area contributed by atoms with Crippen molar-refractivity contribution in [2.45, 2.75) is 11.3 Å². The summed E-state index contributed by atoms with van der Waals surface area (Å²) >= 11 is 0. The molecule has 0 saturated carbocycles. The van der Waals surface area contributed by atoms with E-state index in [-0.39, 0.29) is 29.4 Å². The highest BCUT2D eigenvalue weighted by molar-refractivity contribution is 7.89. The van der Waals surface area contributed by atoms with E-state index in [0.717, 1.165) is 5.56 Å². The van der Waals surface area contributed by atoms with Gasteiger partial charge in [-0.3, -0.25) is 4.79 Å². The molecule has 2 aromatic rings. The van der Waals surface area contributed by atoms with E-state index in [4.69, 9.17) is 9.47 Å². The fraction of sp³-hybridized carbons (Fsp3) is 0.333. The van der Waals surface area contributed by atoms with Gasteiger partial charge in [0.05, 0.1) is 23.7 Å². The number of benzene rings is 2. The second kappa shape index (κ2) is 10.5. The molecule has 2 aromatic carbocycles. The highest BCUT2D eigenvalue weighted by Gasteiger charge is 2.27. The van der Waals surface area contributed by atoms with Crippen molar-refractivity contribution in [3.63, 3.8) is 0 Å². The lowest BCUT2D eigenvalue weighted by atomic mass is 10.1. The molecule has 1 aliphatic heterocycles. The van der Waals surface area contributed by atoms with Gasteiger partial charge in [0.25, 0.3) is 5.91 Å². The lowest BCUT2D eigenvalue weighted by molar-refractivity contribution is -0.124. The Morgan fingerprint density at radius 2 is 1.81 bits per heavy atom. The summed E-state index contributed by atoms with van der Waals surface area (Å²) in [7, 11) is -3.75. The average Bonchev–Trinajstić information content (AvgIpc) is 2.79. The van der Waals surface area contributed by atoms with Crippen LogP contribution in [-0.4, -0.2) is 64.1 Å². The van der Waals surface area contributed by atoms with Crippen molar-refractivity contribution in [2.75, 3.05) is 39.5 Å². The van der Waals surface area contributed by atoms with Crippen molar-refractivity contribution in [3.05, 3.63) is 65.5 Å².